The Kier molecular flexibility index (Phi) is 5.56. The van der Waals surface area contributed by atoms with Gasteiger partial charge in [-0.15, -0.1) is 0 Å². The van der Waals surface area contributed by atoms with Crippen LogP contribution in [0.15, 0.2) is 34.9 Å². The van der Waals surface area contributed by atoms with Crippen LogP contribution in [-0.2, 0) is 5.41 Å². The van der Waals surface area contributed by atoms with E-state index in [1.165, 1.54) is 0 Å². The van der Waals surface area contributed by atoms with Crippen LogP contribution in [0.1, 0.15) is 57.1 Å². The Morgan fingerprint density at radius 1 is 1.25 bits per heavy atom. The van der Waals surface area contributed by atoms with Gasteiger partial charge in [0.15, 0.2) is 5.82 Å². The van der Waals surface area contributed by atoms with Crippen molar-refractivity contribution < 1.29 is 14.4 Å². The molecule has 2 atom stereocenters. The van der Waals surface area contributed by atoms with Gasteiger partial charge in [-0.05, 0) is 12.5 Å². The Bertz CT molecular complexity index is 664. The molecule has 0 aliphatic rings. The van der Waals surface area contributed by atoms with Crippen molar-refractivity contribution in [3.63, 3.8) is 0 Å². The summed E-state index contributed by atoms with van der Waals surface area (Å²) in [6.45, 7) is 7.52. The maximum atomic E-state index is 12.1. The number of carbonyl (C=O) groups excluding carboxylic acids is 1. The van der Waals surface area contributed by atoms with Crippen molar-refractivity contribution in [3.05, 3.63) is 47.6 Å². The summed E-state index contributed by atoms with van der Waals surface area (Å²) in [5.74, 6) is 0.930. The molecule has 0 aliphatic heterocycles. The van der Waals surface area contributed by atoms with Crippen molar-refractivity contribution in [2.75, 3.05) is 6.61 Å². The first kappa shape index (κ1) is 17.9. The molecule has 130 valence electrons. The molecule has 1 heterocycles. The van der Waals surface area contributed by atoms with Gasteiger partial charge in [0, 0.05) is 5.41 Å². The van der Waals surface area contributed by atoms with Gasteiger partial charge in [0.25, 0.3) is 0 Å². The number of urea groups is 1. The van der Waals surface area contributed by atoms with Crippen LogP contribution in [0, 0.1) is 0 Å². The number of amides is 2. The van der Waals surface area contributed by atoms with E-state index in [-0.39, 0.29) is 12.0 Å². The molecule has 0 bridgehead atoms. The van der Waals surface area contributed by atoms with Crippen LogP contribution in [0.2, 0.25) is 0 Å². The lowest BCUT2D eigenvalue weighted by molar-refractivity contribution is 0.212. The summed E-state index contributed by atoms with van der Waals surface area (Å²) >= 11 is 0. The fourth-order valence-corrected chi connectivity index (χ4v) is 2.09. The standard InChI is InChI=1S/C17H24N4O3/c1-11(14-20-15(21-24-14)17(2,3)4)18-16(23)19-13(10-22)12-8-6-5-7-9-12/h5-9,11,13,22H,10H2,1-4H3,(H2,18,19,23)/t11-,13-/m1/s1. The molecule has 0 saturated heterocycles. The zero-order chi connectivity index (χ0) is 17.7. The number of aliphatic hydroxyl groups excluding tert-OH is 1. The van der Waals surface area contributed by atoms with Crippen LogP contribution in [-0.4, -0.2) is 27.9 Å². The van der Waals surface area contributed by atoms with Gasteiger partial charge in [0.05, 0.1) is 12.6 Å². The highest BCUT2D eigenvalue weighted by molar-refractivity contribution is 5.74. The lowest BCUT2D eigenvalue weighted by Crippen LogP contribution is -2.40. The quantitative estimate of drug-likeness (QED) is 0.781. The van der Waals surface area contributed by atoms with E-state index >= 15 is 0 Å². The van der Waals surface area contributed by atoms with E-state index in [1.807, 2.05) is 51.1 Å². The first-order valence-corrected chi connectivity index (χ1v) is 7.88. The number of nitrogens with zero attached hydrogens (tertiary/aromatic N) is 2. The Labute approximate surface area is 141 Å². The molecule has 24 heavy (non-hydrogen) atoms. The van der Waals surface area contributed by atoms with Crippen molar-refractivity contribution in [2.24, 2.45) is 0 Å². The van der Waals surface area contributed by atoms with Crippen LogP contribution in [0.25, 0.3) is 0 Å². The normalized spacial score (nSPS) is 14.0. The predicted octanol–water partition coefficient (Wildman–Crippen LogP) is 2.46. The Morgan fingerprint density at radius 3 is 2.46 bits per heavy atom. The molecule has 2 rings (SSSR count). The first-order valence-electron chi connectivity index (χ1n) is 7.88. The van der Waals surface area contributed by atoms with Crippen LogP contribution in [0.3, 0.4) is 0 Å². The maximum Gasteiger partial charge on any atom is 0.315 e. The molecule has 3 N–H and O–H groups in total. The average molecular weight is 332 g/mol. The van der Waals surface area contributed by atoms with Crippen LogP contribution >= 0.6 is 0 Å². The zero-order valence-corrected chi connectivity index (χ0v) is 14.4. The number of aromatic nitrogens is 2. The van der Waals surface area contributed by atoms with E-state index in [4.69, 9.17) is 4.52 Å². The Hall–Kier alpha value is -2.41. The largest absolute Gasteiger partial charge is 0.394 e. The number of aliphatic hydroxyl groups is 1. The minimum atomic E-state index is -0.480. The van der Waals surface area contributed by atoms with Crippen LogP contribution in [0.5, 0.6) is 0 Å². The molecule has 0 radical (unpaired) electrons. The van der Waals surface area contributed by atoms with Gasteiger partial charge < -0.3 is 20.3 Å². The second kappa shape index (κ2) is 7.44. The minimum Gasteiger partial charge on any atom is -0.394 e. The summed E-state index contributed by atoms with van der Waals surface area (Å²) in [5, 5.41) is 18.9. The monoisotopic (exact) mass is 332 g/mol. The molecule has 1 aromatic carbocycles. The number of nitrogens with one attached hydrogen (secondary N) is 2. The van der Waals surface area contributed by atoms with Crippen molar-refractivity contribution in [1.29, 1.82) is 0 Å². The van der Waals surface area contributed by atoms with Crippen molar-refractivity contribution in [3.8, 4) is 0 Å². The number of benzene rings is 1. The van der Waals surface area contributed by atoms with Gasteiger partial charge in [-0.2, -0.15) is 4.98 Å². The molecule has 0 unspecified atom stereocenters. The molecule has 2 amide bonds. The van der Waals surface area contributed by atoms with E-state index < -0.39 is 18.1 Å². The molecule has 2 aromatic rings. The van der Waals surface area contributed by atoms with E-state index in [1.54, 1.807) is 6.92 Å². The molecule has 1 aromatic heterocycles. The van der Waals surface area contributed by atoms with Gasteiger partial charge in [0.2, 0.25) is 5.89 Å². The second-order valence-electron chi connectivity index (χ2n) is 6.69. The van der Waals surface area contributed by atoms with Gasteiger partial charge in [-0.1, -0.05) is 56.3 Å². The fraction of sp³-hybridized carbons (Fsp3) is 0.471. The molecular formula is C17H24N4O3. The van der Waals surface area contributed by atoms with Gasteiger partial charge in [-0.25, -0.2) is 4.79 Å². The maximum absolute atomic E-state index is 12.1. The minimum absolute atomic E-state index is 0.194. The van der Waals surface area contributed by atoms with Crippen molar-refractivity contribution >= 4 is 6.03 Å². The summed E-state index contributed by atoms with van der Waals surface area (Å²) in [5.41, 5.74) is 0.606. The highest BCUT2D eigenvalue weighted by atomic mass is 16.5. The van der Waals surface area contributed by atoms with E-state index in [9.17, 15) is 9.90 Å². The van der Waals surface area contributed by atoms with Crippen molar-refractivity contribution in [1.82, 2.24) is 20.8 Å². The average Bonchev–Trinajstić information content (AvgIpc) is 3.03. The summed E-state index contributed by atoms with van der Waals surface area (Å²) in [6.07, 6.45) is 0. The third-order valence-electron chi connectivity index (χ3n) is 3.52. The summed E-state index contributed by atoms with van der Waals surface area (Å²) < 4.78 is 5.22. The Balaban J connectivity index is 1.97. The van der Waals surface area contributed by atoms with Crippen LogP contribution in [0.4, 0.5) is 4.79 Å². The molecule has 0 saturated carbocycles. The lowest BCUT2D eigenvalue weighted by atomic mass is 9.96. The Morgan fingerprint density at radius 2 is 1.92 bits per heavy atom. The highest BCUT2D eigenvalue weighted by Gasteiger charge is 2.24. The van der Waals surface area contributed by atoms with Gasteiger partial charge >= 0.3 is 6.03 Å². The fourth-order valence-electron chi connectivity index (χ4n) is 2.09. The molecule has 0 spiro atoms. The summed E-state index contributed by atoms with van der Waals surface area (Å²) in [4.78, 5) is 16.5. The molecular weight excluding hydrogens is 308 g/mol. The first-order chi connectivity index (χ1) is 11.3. The predicted molar refractivity (Wildman–Crippen MR) is 89.3 cm³/mol. The molecule has 0 fully saturated rings. The molecule has 7 nitrogen and oxygen atoms in total. The van der Waals surface area contributed by atoms with E-state index in [2.05, 4.69) is 20.8 Å². The number of carbonyl (C=O) groups is 1. The van der Waals surface area contributed by atoms with Crippen LogP contribution < -0.4 is 10.6 Å². The summed E-state index contributed by atoms with van der Waals surface area (Å²) in [6, 6.07) is 7.94. The zero-order valence-electron chi connectivity index (χ0n) is 14.4. The third-order valence-corrected chi connectivity index (χ3v) is 3.52. The number of rotatable bonds is 5. The summed E-state index contributed by atoms with van der Waals surface area (Å²) in [7, 11) is 0. The van der Waals surface area contributed by atoms with Gasteiger partial charge in [-0.3, -0.25) is 0 Å². The van der Waals surface area contributed by atoms with E-state index in [0.717, 1.165) is 5.56 Å². The molecule has 7 heteroatoms. The lowest BCUT2D eigenvalue weighted by Gasteiger charge is -2.18. The second-order valence-corrected chi connectivity index (χ2v) is 6.69. The highest BCUT2D eigenvalue weighted by Crippen LogP contribution is 2.20. The number of hydrogen-bond donors (Lipinski definition) is 3. The number of hydrogen-bond acceptors (Lipinski definition) is 5. The smallest absolute Gasteiger partial charge is 0.315 e. The molecule has 0 aliphatic carbocycles. The topological polar surface area (TPSA) is 100 Å². The third kappa shape index (κ3) is 4.55. The SMILES string of the molecule is C[C@@H](NC(=O)N[C@H](CO)c1ccccc1)c1nc(C(C)(C)C)no1. The van der Waals surface area contributed by atoms with Gasteiger partial charge in [0.1, 0.15) is 6.04 Å². The van der Waals surface area contributed by atoms with E-state index in [0.29, 0.717) is 11.7 Å². The van der Waals surface area contributed by atoms with Crippen molar-refractivity contribution in [2.45, 2.75) is 45.2 Å².